The van der Waals surface area contributed by atoms with Crippen LogP contribution in [-0.2, 0) is 14.4 Å². The Kier molecular flexibility index (Phi) is 6.45. The summed E-state index contributed by atoms with van der Waals surface area (Å²) >= 11 is 1.14. The van der Waals surface area contributed by atoms with E-state index in [9.17, 15) is 15.3 Å². The van der Waals surface area contributed by atoms with Crippen molar-refractivity contribution in [2.24, 2.45) is 4.99 Å². The topological polar surface area (TPSA) is 210 Å². The van der Waals surface area contributed by atoms with Gasteiger partial charge in [-0.05, 0) is 6.26 Å². The molecule has 0 radical (unpaired) electrons. The van der Waals surface area contributed by atoms with Crippen molar-refractivity contribution in [1.29, 1.82) is 0 Å². The third-order valence-electron chi connectivity index (χ3n) is 3.62. The summed E-state index contributed by atoms with van der Waals surface area (Å²) < 4.78 is 15.7. The first-order valence-electron chi connectivity index (χ1n) is 7.07. The van der Waals surface area contributed by atoms with Crippen LogP contribution in [0.4, 0.5) is 5.82 Å². The average Bonchev–Trinajstić information content (AvgIpc) is 3.09. The molecule has 1 fully saturated rings. The van der Waals surface area contributed by atoms with Crippen LogP contribution in [0.25, 0.3) is 0 Å². The molecule has 0 bridgehead atoms. The standard InChI is InChI=1S/C11H16N4O5S.H3O4P/c1-21-11(19)8-9(12-3-14-11)15(4-13-8)10-7(18)6(17)5(2-16)20-10;1-5(2,3)4/h3-7,10,16-19H,2H2,1H3,(H,12,14);(H3,1,2,3,4)/t5-,6-,7-,10-,11?;/m1./s1. The maximum atomic E-state index is 10.4. The van der Waals surface area contributed by atoms with Crippen LogP contribution in [0.3, 0.4) is 0 Å². The zero-order chi connectivity index (χ0) is 19.7. The molecule has 0 amide bonds. The summed E-state index contributed by atoms with van der Waals surface area (Å²) in [5.41, 5.74) is 0.287. The quantitative estimate of drug-likeness (QED) is 0.187. The van der Waals surface area contributed by atoms with E-state index in [0.717, 1.165) is 11.8 Å². The van der Waals surface area contributed by atoms with Crippen molar-refractivity contribution < 1.29 is 44.4 Å². The second-order valence-corrected chi connectivity index (χ2v) is 7.34. The number of thioether (sulfide) groups is 1. The summed E-state index contributed by atoms with van der Waals surface area (Å²) in [5.74, 6) is 0.320. The molecule has 0 spiro atoms. The fourth-order valence-corrected chi connectivity index (χ4v) is 2.93. The number of nitrogens with zero attached hydrogens (tertiary/aromatic N) is 3. The molecule has 0 aliphatic carbocycles. The Labute approximate surface area is 151 Å². The maximum absolute atomic E-state index is 10.4. The molecule has 0 aromatic carbocycles. The molecule has 1 saturated heterocycles. The lowest BCUT2D eigenvalue weighted by Gasteiger charge is -2.28. The molecule has 1 unspecified atom stereocenters. The summed E-state index contributed by atoms with van der Waals surface area (Å²) in [6.07, 6.45) is 0.162. The highest BCUT2D eigenvalue weighted by Crippen LogP contribution is 2.40. The maximum Gasteiger partial charge on any atom is 0.466 e. The van der Waals surface area contributed by atoms with E-state index in [1.165, 1.54) is 17.2 Å². The van der Waals surface area contributed by atoms with Crippen molar-refractivity contribution in [2.75, 3.05) is 12.9 Å². The van der Waals surface area contributed by atoms with Crippen molar-refractivity contribution in [2.45, 2.75) is 29.6 Å². The third kappa shape index (κ3) is 4.43. The summed E-state index contributed by atoms with van der Waals surface area (Å²) in [5, 5.41) is 40.7. The van der Waals surface area contributed by atoms with E-state index in [-0.39, 0.29) is 5.69 Å². The third-order valence-corrected chi connectivity index (χ3v) is 4.52. The van der Waals surface area contributed by atoms with Gasteiger partial charge in [0.1, 0.15) is 24.0 Å². The van der Waals surface area contributed by atoms with E-state index in [1.54, 1.807) is 6.26 Å². The summed E-state index contributed by atoms with van der Waals surface area (Å²) in [4.78, 5) is 29.8. The van der Waals surface area contributed by atoms with Crippen LogP contribution in [-0.4, -0.2) is 82.2 Å². The fraction of sp³-hybridized carbons (Fsp3) is 0.636. The predicted octanol–water partition coefficient (Wildman–Crippen LogP) is -2.71. The molecule has 2 aliphatic rings. The number of phosphoric acid groups is 1. The first-order valence-corrected chi connectivity index (χ1v) is 9.86. The second-order valence-electron chi connectivity index (χ2n) is 5.32. The molecule has 26 heavy (non-hydrogen) atoms. The van der Waals surface area contributed by atoms with Gasteiger partial charge in [0.25, 0.3) is 0 Å². The number of aromatic nitrogens is 2. The molecule has 0 saturated carbocycles. The lowest BCUT2D eigenvalue weighted by molar-refractivity contribution is -0.0521. The molecular weight excluding hydrogens is 395 g/mol. The van der Waals surface area contributed by atoms with Gasteiger partial charge >= 0.3 is 7.82 Å². The number of imidazole rings is 1. The van der Waals surface area contributed by atoms with E-state index in [4.69, 9.17) is 29.1 Å². The minimum Gasteiger partial charge on any atom is -0.394 e. The van der Waals surface area contributed by atoms with Crippen LogP contribution in [0.5, 0.6) is 0 Å². The molecule has 13 nitrogen and oxygen atoms in total. The number of ether oxygens (including phenoxy) is 1. The van der Waals surface area contributed by atoms with E-state index in [0.29, 0.717) is 5.82 Å². The average molecular weight is 414 g/mol. The summed E-state index contributed by atoms with van der Waals surface area (Å²) in [6, 6.07) is 0. The Bertz CT molecular complexity index is 704. The van der Waals surface area contributed by atoms with Gasteiger partial charge in [0.15, 0.2) is 12.0 Å². The van der Waals surface area contributed by atoms with E-state index < -0.39 is 44.0 Å². The van der Waals surface area contributed by atoms with Crippen LogP contribution in [0, 0.1) is 0 Å². The minimum atomic E-state index is -4.64. The molecule has 5 atom stereocenters. The largest absolute Gasteiger partial charge is 0.466 e. The van der Waals surface area contributed by atoms with E-state index >= 15 is 0 Å². The van der Waals surface area contributed by atoms with Crippen LogP contribution in [0.2, 0.25) is 0 Å². The molecule has 15 heteroatoms. The van der Waals surface area contributed by atoms with E-state index in [2.05, 4.69) is 15.3 Å². The Morgan fingerprint density at radius 1 is 1.38 bits per heavy atom. The molecule has 3 heterocycles. The van der Waals surface area contributed by atoms with Gasteiger partial charge in [-0.25, -0.2) is 14.5 Å². The van der Waals surface area contributed by atoms with Crippen molar-refractivity contribution >= 4 is 31.7 Å². The molecular formula is C11H19N4O9PS. The molecule has 1 aromatic heterocycles. The Balaban J connectivity index is 0.000000431. The van der Waals surface area contributed by atoms with Crippen LogP contribution in [0.15, 0.2) is 11.3 Å². The molecule has 3 rings (SSSR count). The van der Waals surface area contributed by atoms with Gasteiger partial charge < -0.3 is 45.2 Å². The number of rotatable bonds is 3. The number of nitrogens with one attached hydrogen (secondary N) is 1. The van der Waals surface area contributed by atoms with Gasteiger partial charge in [-0.15, -0.1) is 11.8 Å². The highest BCUT2D eigenvalue weighted by atomic mass is 32.2. The van der Waals surface area contributed by atoms with Crippen LogP contribution in [0.1, 0.15) is 11.9 Å². The number of aliphatic hydroxyl groups excluding tert-OH is 3. The minimum absolute atomic E-state index is 0.287. The van der Waals surface area contributed by atoms with Crippen LogP contribution < -0.4 is 5.32 Å². The van der Waals surface area contributed by atoms with Crippen molar-refractivity contribution in [3.8, 4) is 0 Å². The van der Waals surface area contributed by atoms with Gasteiger partial charge in [-0.3, -0.25) is 4.57 Å². The van der Waals surface area contributed by atoms with Crippen molar-refractivity contribution in [3.63, 3.8) is 0 Å². The number of aliphatic hydroxyl groups is 4. The van der Waals surface area contributed by atoms with Gasteiger partial charge in [0.2, 0.25) is 5.06 Å². The Hall–Kier alpha value is -1.06. The highest BCUT2D eigenvalue weighted by Gasteiger charge is 2.46. The Morgan fingerprint density at radius 3 is 2.50 bits per heavy atom. The lowest BCUT2D eigenvalue weighted by atomic mass is 10.1. The number of aliphatic imine (C=N–C) groups is 1. The summed E-state index contributed by atoms with van der Waals surface area (Å²) in [7, 11) is -4.64. The first kappa shape index (κ1) is 21.2. The van der Waals surface area contributed by atoms with Gasteiger partial charge in [0, 0.05) is 0 Å². The zero-order valence-electron chi connectivity index (χ0n) is 13.3. The smallest absolute Gasteiger partial charge is 0.394 e. The normalized spacial score (nSPS) is 33.2. The van der Waals surface area contributed by atoms with Gasteiger partial charge in [-0.2, -0.15) is 0 Å². The highest BCUT2D eigenvalue weighted by molar-refractivity contribution is 7.99. The monoisotopic (exact) mass is 414 g/mol. The first-order chi connectivity index (χ1) is 12.0. The number of hydrogen-bond donors (Lipinski definition) is 8. The lowest BCUT2D eigenvalue weighted by Crippen LogP contribution is -2.40. The summed E-state index contributed by atoms with van der Waals surface area (Å²) in [6.45, 7) is -0.412. The van der Waals surface area contributed by atoms with Gasteiger partial charge in [-0.1, -0.05) is 0 Å². The molecule has 8 N–H and O–H groups in total. The van der Waals surface area contributed by atoms with Crippen molar-refractivity contribution in [1.82, 2.24) is 14.9 Å². The van der Waals surface area contributed by atoms with Crippen LogP contribution >= 0.6 is 19.6 Å². The predicted molar refractivity (Wildman–Crippen MR) is 88.2 cm³/mol. The Morgan fingerprint density at radius 2 is 2.00 bits per heavy atom. The van der Waals surface area contributed by atoms with Crippen molar-refractivity contribution in [3.05, 3.63) is 12.0 Å². The number of fused-ring (bicyclic) bond motifs is 1. The second kappa shape index (κ2) is 7.90. The molecule has 2 aliphatic heterocycles. The van der Waals surface area contributed by atoms with Gasteiger partial charge in [0.05, 0.1) is 19.3 Å². The SMILES string of the molecule is CSC1(O)NC=Nc2c1ncn2[C@@H]1O[C@H](CO)[C@@H](O)[C@H]1O.O=P(O)(O)O. The zero-order valence-corrected chi connectivity index (χ0v) is 15.0. The van der Waals surface area contributed by atoms with E-state index in [1.807, 2.05) is 0 Å². The number of hydrogen-bond acceptors (Lipinski definition) is 10. The molecule has 1 aromatic rings. The fourth-order valence-electron chi connectivity index (χ4n) is 2.42. The molecule has 148 valence electrons.